The van der Waals surface area contributed by atoms with Crippen molar-refractivity contribution in [2.45, 2.75) is 19.1 Å². The highest BCUT2D eigenvalue weighted by atomic mass is 19.4. The molecule has 0 aliphatic rings. The lowest BCUT2D eigenvalue weighted by molar-refractivity contribution is -0.141. The Labute approximate surface area is 138 Å². The van der Waals surface area contributed by atoms with E-state index in [9.17, 15) is 18.0 Å². The van der Waals surface area contributed by atoms with Crippen LogP contribution in [0.4, 0.5) is 18.9 Å². The maximum atomic E-state index is 12.6. The molecule has 2 aromatic rings. The van der Waals surface area contributed by atoms with E-state index in [1.165, 1.54) is 7.05 Å². The van der Waals surface area contributed by atoms with Gasteiger partial charge in [0.05, 0.1) is 0 Å². The summed E-state index contributed by atoms with van der Waals surface area (Å²) in [7, 11) is 3.20. The third-order valence-corrected chi connectivity index (χ3v) is 3.79. The van der Waals surface area contributed by atoms with Crippen LogP contribution in [0.3, 0.4) is 0 Å². The Balaban J connectivity index is 1.99. The SMILES string of the molecule is CC(CNC(=O)c1cc(C(F)(F)F)nn1C)N(C)c1ccccc1. The van der Waals surface area contributed by atoms with Gasteiger partial charge in [-0.25, -0.2) is 0 Å². The van der Waals surface area contributed by atoms with Gasteiger partial charge < -0.3 is 10.2 Å². The molecule has 0 aliphatic heterocycles. The Hall–Kier alpha value is -2.51. The van der Waals surface area contributed by atoms with E-state index in [1.807, 2.05) is 49.2 Å². The van der Waals surface area contributed by atoms with Gasteiger partial charge in [0.15, 0.2) is 5.69 Å². The normalized spacial score (nSPS) is 12.8. The van der Waals surface area contributed by atoms with Crippen molar-refractivity contribution in [1.29, 1.82) is 0 Å². The molecular formula is C16H19F3N4O. The third-order valence-electron chi connectivity index (χ3n) is 3.79. The van der Waals surface area contributed by atoms with Gasteiger partial charge in [-0.15, -0.1) is 0 Å². The lowest BCUT2D eigenvalue weighted by Gasteiger charge is -2.27. The average molecular weight is 340 g/mol. The first kappa shape index (κ1) is 17.8. The van der Waals surface area contributed by atoms with Crippen LogP contribution in [0.25, 0.3) is 0 Å². The summed E-state index contributed by atoms with van der Waals surface area (Å²) in [6.45, 7) is 2.20. The van der Waals surface area contributed by atoms with Gasteiger partial charge >= 0.3 is 6.18 Å². The predicted octanol–water partition coefficient (Wildman–Crippen LogP) is 2.69. The van der Waals surface area contributed by atoms with E-state index < -0.39 is 17.8 Å². The predicted molar refractivity (Wildman–Crippen MR) is 84.9 cm³/mol. The van der Waals surface area contributed by atoms with Crippen molar-refractivity contribution in [1.82, 2.24) is 15.1 Å². The van der Waals surface area contributed by atoms with Gasteiger partial charge in [-0.1, -0.05) is 18.2 Å². The number of hydrogen-bond donors (Lipinski definition) is 1. The summed E-state index contributed by atoms with van der Waals surface area (Å²) in [6.07, 6.45) is -4.57. The summed E-state index contributed by atoms with van der Waals surface area (Å²) in [6, 6.07) is 10.3. The van der Waals surface area contributed by atoms with Gasteiger partial charge in [-0.2, -0.15) is 18.3 Å². The van der Waals surface area contributed by atoms with Crippen LogP contribution in [-0.2, 0) is 13.2 Å². The molecule has 130 valence electrons. The zero-order valence-electron chi connectivity index (χ0n) is 13.6. The molecule has 1 N–H and O–H groups in total. The van der Waals surface area contributed by atoms with Crippen LogP contribution in [0.1, 0.15) is 23.1 Å². The molecule has 1 unspecified atom stereocenters. The quantitative estimate of drug-likeness (QED) is 0.910. The second-order valence-electron chi connectivity index (χ2n) is 5.54. The third kappa shape index (κ3) is 4.06. The first-order valence-electron chi connectivity index (χ1n) is 7.37. The van der Waals surface area contributed by atoms with E-state index in [0.717, 1.165) is 16.4 Å². The topological polar surface area (TPSA) is 50.2 Å². The molecule has 0 aliphatic carbocycles. The molecular weight excluding hydrogens is 321 g/mol. The lowest BCUT2D eigenvalue weighted by atomic mass is 10.2. The number of halogens is 3. The van der Waals surface area contributed by atoms with Gasteiger partial charge in [-0.05, 0) is 19.1 Å². The number of carbonyl (C=O) groups excluding carboxylic acids is 1. The van der Waals surface area contributed by atoms with E-state index >= 15 is 0 Å². The molecule has 0 radical (unpaired) electrons. The number of anilines is 1. The number of hydrogen-bond acceptors (Lipinski definition) is 3. The molecule has 0 bridgehead atoms. The molecule has 0 fully saturated rings. The average Bonchev–Trinajstić information content (AvgIpc) is 2.94. The van der Waals surface area contributed by atoms with Crippen molar-refractivity contribution < 1.29 is 18.0 Å². The molecule has 1 amide bonds. The van der Waals surface area contributed by atoms with Crippen molar-refractivity contribution in [2.75, 3.05) is 18.5 Å². The second kappa shape index (κ2) is 6.94. The number of nitrogens with zero attached hydrogens (tertiary/aromatic N) is 3. The number of likely N-dealkylation sites (N-methyl/N-ethyl adjacent to an activating group) is 1. The van der Waals surface area contributed by atoms with Crippen LogP contribution in [0.2, 0.25) is 0 Å². The number of aryl methyl sites for hydroxylation is 1. The van der Waals surface area contributed by atoms with E-state index in [1.54, 1.807) is 0 Å². The molecule has 1 atom stereocenters. The zero-order chi connectivity index (χ0) is 17.9. The van der Waals surface area contributed by atoms with Crippen LogP contribution in [0.5, 0.6) is 0 Å². The smallest absolute Gasteiger partial charge is 0.370 e. The second-order valence-corrected chi connectivity index (χ2v) is 5.54. The first-order chi connectivity index (χ1) is 11.2. The van der Waals surface area contributed by atoms with Gasteiger partial charge in [0.25, 0.3) is 5.91 Å². The number of amides is 1. The minimum absolute atomic E-state index is 0.0355. The maximum Gasteiger partial charge on any atom is 0.435 e. The van der Waals surface area contributed by atoms with Crippen molar-refractivity contribution in [2.24, 2.45) is 7.05 Å². The summed E-state index contributed by atoms with van der Waals surface area (Å²) in [5, 5.41) is 5.98. The van der Waals surface area contributed by atoms with Crippen molar-refractivity contribution in [3.63, 3.8) is 0 Å². The fraction of sp³-hybridized carbons (Fsp3) is 0.375. The molecule has 5 nitrogen and oxygen atoms in total. The summed E-state index contributed by atoms with van der Waals surface area (Å²) in [5.41, 5.74) is -0.222. The Kier molecular flexibility index (Phi) is 5.16. The van der Waals surface area contributed by atoms with Gasteiger partial charge in [0.2, 0.25) is 0 Å². The molecule has 0 saturated heterocycles. The summed E-state index contributed by atoms with van der Waals surface area (Å²) >= 11 is 0. The lowest BCUT2D eigenvalue weighted by Crippen LogP contribution is -2.40. The number of alkyl halides is 3. The summed E-state index contributed by atoms with van der Waals surface area (Å²) in [5.74, 6) is -0.589. The van der Waals surface area contributed by atoms with Crippen LogP contribution in [0.15, 0.2) is 36.4 Å². The van der Waals surface area contributed by atoms with E-state index in [2.05, 4.69) is 10.4 Å². The summed E-state index contributed by atoms with van der Waals surface area (Å²) < 4.78 is 38.8. The van der Waals surface area contributed by atoms with Crippen molar-refractivity contribution in [3.8, 4) is 0 Å². The molecule has 0 spiro atoms. The fourth-order valence-corrected chi connectivity index (χ4v) is 2.20. The van der Waals surface area contributed by atoms with Crippen LogP contribution >= 0.6 is 0 Å². The highest BCUT2D eigenvalue weighted by molar-refractivity contribution is 5.92. The molecule has 1 aromatic heterocycles. The highest BCUT2D eigenvalue weighted by Gasteiger charge is 2.35. The van der Waals surface area contributed by atoms with Gasteiger partial charge in [0.1, 0.15) is 5.69 Å². The Morgan fingerprint density at radius 3 is 2.50 bits per heavy atom. The van der Waals surface area contributed by atoms with Crippen molar-refractivity contribution in [3.05, 3.63) is 47.8 Å². The minimum atomic E-state index is -4.57. The summed E-state index contributed by atoms with van der Waals surface area (Å²) in [4.78, 5) is 14.1. The standard InChI is InChI=1S/C16H19F3N4O/c1-11(22(2)12-7-5-4-6-8-12)10-20-15(24)13-9-14(16(17,18)19)21-23(13)3/h4-9,11H,10H2,1-3H3,(H,20,24). The monoisotopic (exact) mass is 340 g/mol. The van der Waals surface area contributed by atoms with E-state index in [-0.39, 0.29) is 18.3 Å². The molecule has 24 heavy (non-hydrogen) atoms. The highest BCUT2D eigenvalue weighted by Crippen LogP contribution is 2.28. The Bertz CT molecular complexity index is 697. The van der Waals surface area contributed by atoms with E-state index in [0.29, 0.717) is 0 Å². The number of rotatable bonds is 5. The number of aromatic nitrogens is 2. The van der Waals surface area contributed by atoms with E-state index in [4.69, 9.17) is 0 Å². The molecule has 0 saturated carbocycles. The largest absolute Gasteiger partial charge is 0.435 e. The fourth-order valence-electron chi connectivity index (χ4n) is 2.20. The Morgan fingerprint density at radius 1 is 1.33 bits per heavy atom. The number of carbonyl (C=O) groups is 1. The van der Waals surface area contributed by atoms with Crippen LogP contribution < -0.4 is 10.2 Å². The molecule has 8 heteroatoms. The molecule has 1 heterocycles. The molecule has 1 aromatic carbocycles. The van der Waals surface area contributed by atoms with Crippen LogP contribution in [0, 0.1) is 0 Å². The Morgan fingerprint density at radius 2 is 1.96 bits per heavy atom. The zero-order valence-corrected chi connectivity index (χ0v) is 13.6. The number of benzene rings is 1. The van der Waals surface area contributed by atoms with Gasteiger partial charge in [-0.3, -0.25) is 9.48 Å². The minimum Gasteiger partial charge on any atom is -0.370 e. The van der Waals surface area contributed by atoms with Crippen molar-refractivity contribution >= 4 is 11.6 Å². The maximum absolute atomic E-state index is 12.6. The number of nitrogens with one attached hydrogen (secondary N) is 1. The molecule has 2 rings (SSSR count). The first-order valence-corrected chi connectivity index (χ1v) is 7.37. The van der Waals surface area contributed by atoms with Gasteiger partial charge in [0, 0.05) is 38.4 Å². The van der Waals surface area contributed by atoms with Crippen LogP contribution in [-0.4, -0.2) is 35.3 Å². The number of para-hydroxylation sites is 1.